The lowest BCUT2D eigenvalue weighted by molar-refractivity contribution is 0.102. The Labute approximate surface area is 257 Å². The predicted octanol–water partition coefficient (Wildman–Crippen LogP) is 10.0. The number of ether oxygens (including phenoxy) is 1. The van der Waals surface area contributed by atoms with E-state index in [9.17, 15) is 9.18 Å². The van der Waals surface area contributed by atoms with E-state index >= 15 is 0 Å². The standard InChI is InChI=1S/C33H31BrClFN2O2S/c1-33(2,3)22-9-14-25-29(17-22)41-32(30(25)31(39)38-24-12-10-23(35)11-13-24)37-18-20-8-15-28(26(34)16-20)40-19-21-6-4-5-7-27(21)36/h4-8,10-13,15-16,18,22H,9,14,17,19H2,1-3H3,(H,38,39)/t22-/m1/s1. The zero-order valence-electron chi connectivity index (χ0n) is 23.1. The molecule has 3 aromatic carbocycles. The van der Waals surface area contributed by atoms with E-state index in [0.29, 0.717) is 38.5 Å². The number of thiophene rings is 1. The van der Waals surface area contributed by atoms with E-state index in [1.807, 2.05) is 18.2 Å². The molecule has 0 radical (unpaired) electrons. The maximum atomic E-state index is 14.0. The number of carbonyl (C=O) groups is 1. The summed E-state index contributed by atoms with van der Waals surface area (Å²) >= 11 is 11.2. The third-order valence-corrected chi connectivity index (χ3v) is 9.46. The molecule has 1 N–H and O–H groups in total. The third kappa shape index (κ3) is 7.08. The number of carbonyl (C=O) groups excluding carboxylic acids is 1. The van der Waals surface area contributed by atoms with Crippen LogP contribution < -0.4 is 10.1 Å². The van der Waals surface area contributed by atoms with Gasteiger partial charge >= 0.3 is 0 Å². The number of aliphatic imine (C=N–C) groups is 1. The summed E-state index contributed by atoms with van der Waals surface area (Å²) in [6.45, 7) is 6.97. The number of rotatable bonds is 7. The first-order valence-corrected chi connectivity index (χ1v) is 15.5. The van der Waals surface area contributed by atoms with Crippen LogP contribution in [0.1, 0.15) is 59.1 Å². The Hall–Kier alpha value is -3.00. The second-order valence-corrected chi connectivity index (χ2v) is 13.7. The summed E-state index contributed by atoms with van der Waals surface area (Å²) < 4.78 is 20.5. The molecule has 0 bridgehead atoms. The van der Waals surface area contributed by atoms with Gasteiger partial charge in [0.15, 0.2) is 0 Å². The van der Waals surface area contributed by atoms with E-state index in [-0.39, 0.29) is 23.7 Å². The molecule has 1 heterocycles. The summed E-state index contributed by atoms with van der Waals surface area (Å²) in [5.74, 6) is 0.693. The van der Waals surface area contributed by atoms with Crippen molar-refractivity contribution in [3.05, 3.63) is 109 Å². The summed E-state index contributed by atoms with van der Waals surface area (Å²) in [6, 6.07) is 19.3. The van der Waals surface area contributed by atoms with E-state index in [2.05, 4.69) is 42.0 Å². The fraction of sp³-hybridized carbons (Fsp3) is 0.273. The van der Waals surface area contributed by atoms with Crippen LogP contribution in [0, 0.1) is 17.2 Å². The fourth-order valence-electron chi connectivity index (χ4n) is 4.98. The zero-order chi connectivity index (χ0) is 29.1. The van der Waals surface area contributed by atoms with Gasteiger partial charge in [-0.05, 0) is 106 Å². The Balaban J connectivity index is 1.40. The van der Waals surface area contributed by atoms with Gasteiger partial charge in [0.1, 0.15) is 23.2 Å². The fourth-order valence-corrected chi connectivity index (χ4v) is 6.89. The Morgan fingerprint density at radius 1 is 1.17 bits per heavy atom. The van der Waals surface area contributed by atoms with Gasteiger partial charge in [0.25, 0.3) is 5.91 Å². The van der Waals surface area contributed by atoms with Crippen LogP contribution in [0.25, 0.3) is 0 Å². The van der Waals surface area contributed by atoms with Gasteiger partial charge in [-0.1, -0.05) is 50.6 Å². The molecule has 1 aliphatic rings. The normalized spacial score (nSPS) is 15.1. The predicted molar refractivity (Wildman–Crippen MR) is 171 cm³/mol. The van der Waals surface area contributed by atoms with E-state index in [4.69, 9.17) is 21.3 Å². The van der Waals surface area contributed by atoms with Gasteiger partial charge in [-0.2, -0.15) is 0 Å². The minimum atomic E-state index is -0.296. The molecule has 1 amide bonds. The number of amides is 1. The quantitative estimate of drug-likeness (QED) is 0.202. The van der Waals surface area contributed by atoms with Crippen LogP contribution in [0.2, 0.25) is 5.02 Å². The average molecular weight is 654 g/mol. The number of nitrogens with one attached hydrogen (secondary N) is 1. The lowest BCUT2D eigenvalue weighted by Gasteiger charge is -2.33. The number of benzene rings is 3. The first-order chi connectivity index (χ1) is 19.6. The summed E-state index contributed by atoms with van der Waals surface area (Å²) in [7, 11) is 0. The topological polar surface area (TPSA) is 50.7 Å². The minimum absolute atomic E-state index is 0.126. The molecule has 0 fully saturated rings. The van der Waals surface area contributed by atoms with Gasteiger partial charge in [-0.25, -0.2) is 9.38 Å². The molecule has 1 aliphatic carbocycles. The first-order valence-electron chi connectivity index (χ1n) is 13.5. The van der Waals surface area contributed by atoms with Crippen molar-refractivity contribution in [3.63, 3.8) is 0 Å². The third-order valence-electron chi connectivity index (χ3n) is 7.43. The molecule has 1 atom stereocenters. The van der Waals surface area contributed by atoms with Crippen molar-refractivity contribution < 1.29 is 13.9 Å². The molecular weight excluding hydrogens is 623 g/mol. The maximum Gasteiger partial charge on any atom is 0.259 e. The monoisotopic (exact) mass is 652 g/mol. The summed E-state index contributed by atoms with van der Waals surface area (Å²) in [6.07, 6.45) is 4.61. The molecule has 0 unspecified atom stereocenters. The molecule has 0 spiro atoms. The minimum Gasteiger partial charge on any atom is -0.488 e. The van der Waals surface area contributed by atoms with Gasteiger partial charge in [0.2, 0.25) is 0 Å². The number of hydrogen-bond donors (Lipinski definition) is 1. The van der Waals surface area contributed by atoms with Gasteiger partial charge < -0.3 is 10.1 Å². The molecule has 8 heteroatoms. The highest BCUT2D eigenvalue weighted by Crippen LogP contribution is 2.45. The Kier molecular flexibility index (Phi) is 8.97. The van der Waals surface area contributed by atoms with Crippen molar-refractivity contribution >= 4 is 61.7 Å². The van der Waals surface area contributed by atoms with Crippen molar-refractivity contribution in [1.29, 1.82) is 0 Å². The Bertz CT molecular complexity index is 1590. The van der Waals surface area contributed by atoms with Crippen molar-refractivity contribution in [3.8, 4) is 5.75 Å². The average Bonchev–Trinajstić information content (AvgIpc) is 3.31. The largest absolute Gasteiger partial charge is 0.488 e. The number of anilines is 1. The highest BCUT2D eigenvalue weighted by atomic mass is 79.9. The molecule has 41 heavy (non-hydrogen) atoms. The molecule has 4 nitrogen and oxygen atoms in total. The number of fused-ring (bicyclic) bond motifs is 1. The van der Waals surface area contributed by atoms with E-state index in [1.165, 1.54) is 10.9 Å². The highest BCUT2D eigenvalue weighted by Gasteiger charge is 2.33. The lowest BCUT2D eigenvalue weighted by Crippen LogP contribution is -2.27. The van der Waals surface area contributed by atoms with Crippen LogP contribution in [0.4, 0.5) is 15.1 Å². The Morgan fingerprint density at radius 3 is 2.63 bits per heavy atom. The smallest absolute Gasteiger partial charge is 0.259 e. The molecule has 5 rings (SSSR count). The molecule has 0 saturated heterocycles. The molecule has 1 aromatic heterocycles. The summed E-state index contributed by atoms with van der Waals surface area (Å²) in [5.41, 5.74) is 3.97. The van der Waals surface area contributed by atoms with Gasteiger partial charge in [0, 0.05) is 27.4 Å². The van der Waals surface area contributed by atoms with Crippen LogP contribution in [0.15, 0.2) is 76.2 Å². The SMILES string of the molecule is CC(C)(C)[C@@H]1CCc2c(sc(N=Cc3ccc(OCc4ccccc4F)c(Br)c3)c2C(=O)Nc2ccc(Cl)cc2)C1. The van der Waals surface area contributed by atoms with Crippen molar-refractivity contribution in [1.82, 2.24) is 0 Å². The molecule has 0 aliphatic heterocycles. The van der Waals surface area contributed by atoms with Crippen LogP contribution in [0.3, 0.4) is 0 Å². The van der Waals surface area contributed by atoms with Crippen LogP contribution in [-0.2, 0) is 19.4 Å². The second kappa shape index (κ2) is 12.5. The Morgan fingerprint density at radius 2 is 1.93 bits per heavy atom. The van der Waals surface area contributed by atoms with Crippen LogP contribution >= 0.6 is 38.9 Å². The van der Waals surface area contributed by atoms with E-state index in [0.717, 1.165) is 34.9 Å². The number of nitrogens with zero attached hydrogens (tertiary/aromatic N) is 1. The highest BCUT2D eigenvalue weighted by molar-refractivity contribution is 9.10. The molecule has 4 aromatic rings. The van der Waals surface area contributed by atoms with E-state index < -0.39 is 0 Å². The van der Waals surface area contributed by atoms with Gasteiger partial charge in [-0.3, -0.25) is 4.79 Å². The van der Waals surface area contributed by atoms with Crippen molar-refractivity contribution in [2.75, 3.05) is 5.32 Å². The van der Waals surface area contributed by atoms with E-state index in [1.54, 1.807) is 60.0 Å². The number of hydrogen-bond acceptors (Lipinski definition) is 4. The summed E-state index contributed by atoms with van der Waals surface area (Å²) in [4.78, 5) is 19.7. The van der Waals surface area contributed by atoms with Crippen LogP contribution in [0.5, 0.6) is 5.75 Å². The molecular formula is C33H31BrClFN2O2S. The molecule has 0 saturated carbocycles. The van der Waals surface area contributed by atoms with Crippen LogP contribution in [-0.4, -0.2) is 12.1 Å². The first kappa shape index (κ1) is 29.5. The van der Waals surface area contributed by atoms with Gasteiger partial charge in [-0.15, -0.1) is 11.3 Å². The van der Waals surface area contributed by atoms with Crippen molar-refractivity contribution in [2.24, 2.45) is 16.3 Å². The molecule has 212 valence electrons. The maximum absolute atomic E-state index is 14.0. The lowest BCUT2D eigenvalue weighted by atomic mass is 9.72. The second-order valence-electron chi connectivity index (χ2n) is 11.3. The van der Waals surface area contributed by atoms with Gasteiger partial charge in [0.05, 0.1) is 10.0 Å². The van der Waals surface area contributed by atoms with Crippen molar-refractivity contribution in [2.45, 2.75) is 46.6 Å². The zero-order valence-corrected chi connectivity index (χ0v) is 26.3. The summed E-state index contributed by atoms with van der Waals surface area (Å²) in [5, 5.41) is 4.35. The number of halogens is 3.